The first-order valence-corrected chi connectivity index (χ1v) is 8.24. The Hall–Kier alpha value is -2.88. The van der Waals surface area contributed by atoms with Crippen LogP contribution in [0.5, 0.6) is 5.75 Å². The van der Waals surface area contributed by atoms with Crippen LogP contribution in [0.25, 0.3) is 11.4 Å². The van der Waals surface area contributed by atoms with Gasteiger partial charge in [-0.15, -0.1) is 0 Å². The Morgan fingerprint density at radius 2 is 2.17 bits per heavy atom. The molecule has 1 aliphatic rings. The first-order chi connectivity index (χ1) is 11.4. The highest BCUT2D eigenvalue weighted by Crippen LogP contribution is 2.34. The number of aromatic nitrogens is 2. The number of anilines is 1. The van der Waals surface area contributed by atoms with Crippen LogP contribution in [-0.4, -0.2) is 30.0 Å². The quantitative estimate of drug-likeness (QED) is 0.833. The number of hydrogen-bond acceptors (Lipinski definition) is 7. The van der Waals surface area contributed by atoms with Gasteiger partial charge in [0.2, 0.25) is 11.7 Å². The minimum Gasteiger partial charge on any atom is -0.494 e. The Balaban J connectivity index is 1.92. The monoisotopic (exact) mass is 352 g/mol. The van der Waals surface area contributed by atoms with Gasteiger partial charge in [0.25, 0.3) is 10.0 Å². The third kappa shape index (κ3) is 2.95. The molecule has 126 valence electrons. The lowest BCUT2D eigenvalue weighted by Gasteiger charge is -2.17. The topological polar surface area (TPSA) is 112 Å². The molecule has 3 rings (SSSR count). The van der Waals surface area contributed by atoms with E-state index in [0.717, 1.165) is 21.8 Å². The van der Waals surface area contributed by atoms with Crippen molar-refractivity contribution in [3.05, 3.63) is 47.6 Å². The van der Waals surface area contributed by atoms with Crippen molar-refractivity contribution in [2.24, 2.45) is 0 Å². The highest BCUT2D eigenvalue weighted by atomic mass is 32.2. The second kappa shape index (κ2) is 5.96. The van der Waals surface area contributed by atoms with Crippen LogP contribution in [0.4, 0.5) is 10.1 Å². The van der Waals surface area contributed by atoms with Gasteiger partial charge >= 0.3 is 0 Å². The molecule has 8 nitrogen and oxygen atoms in total. The van der Waals surface area contributed by atoms with Crippen LogP contribution >= 0.6 is 0 Å². The molecule has 0 aliphatic carbocycles. The number of hydrogen-bond donors (Lipinski definition) is 1. The van der Waals surface area contributed by atoms with E-state index in [9.17, 15) is 12.8 Å². The molecule has 2 aromatic rings. The van der Waals surface area contributed by atoms with Crippen molar-refractivity contribution >= 4 is 15.7 Å². The van der Waals surface area contributed by atoms with Crippen LogP contribution in [0.1, 0.15) is 5.89 Å². The first kappa shape index (κ1) is 16.0. The SMILES string of the molecule is COc1c(N)cc(F)cc1-c1noc(CN2C=CC=CS2(=O)=O)n1. The van der Waals surface area contributed by atoms with Gasteiger partial charge in [-0.2, -0.15) is 4.98 Å². The predicted octanol–water partition coefficient (Wildman–Crippen LogP) is 1.64. The van der Waals surface area contributed by atoms with E-state index in [4.69, 9.17) is 15.0 Å². The van der Waals surface area contributed by atoms with Crippen molar-refractivity contribution in [1.82, 2.24) is 14.4 Å². The molecule has 2 heterocycles. The van der Waals surface area contributed by atoms with Crippen LogP contribution in [0.3, 0.4) is 0 Å². The van der Waals surface area contributed by atoms with E-state index in [1.54, 1.807) is 6.08 Å². The van der Waals surface area contributed by atoms with Gasteiger partial charge in [-0.3, -0.25) is 4.31 Å². The molecule has 10 heteroatoms. The lowest BCUT2D eigenvalue weighted by molar-refractivity contribution is 0.347. The minimum absolute atomic E-state index is 0.0402. The summed E-state index contributed by atoms with van der Waals surface area (Å²) in [7, 11) is -2.19. The number of methoxy groups -OCH3 is 1. The summed E-state index contributed by atoms with van der Waals surface area (Å²) in [6.45, 7) is -0.150. The Morgan fingerprint density at radius 1 is 1.38 bits per heavy atom. The predicted molar refractivity (Wildman–Crippen MR) is 83.4 cm³/mol. The molecule has 0 radical (unpaired) electrons. The molecule has 1 aromatic heterocycles. The lowest BCUT2D eigenvalue weighted by atomic mass is 10.1. The second-order valence-electron chi connectivity index (χ2n) is 4.85. The zero-order valence-corrected chi connectivity index (χ0v) is 13.3. The smallest absolute Gasteiger partial charge is 0.257 e. The number of ether oxygens (including phenoxy) is 1. The number of halogens is 1. The largest absolute Gasteiger partial charge is 0.494 e. The van der Waals surface area contributed by atoms with Crippen molar-refractivity contribution in [2.45, 2.75) is 6.54 Å². The number of sulfonamides is 1. The number of nitrogens with zero attached hydrogens (tertiary/aromatic N) is 3. The maximum absolute atomic E-state index is 13.6. The fraction of sp³-hybridized carbons (Fsp3) is 0.143. The Morgan fingerprint density at radius 3 is 2.88 bits per heavy atom. The molecular formula is C14H13FN4O4S. The van der Waals surface area contributed by atoms with Gasteiger partial charge in [0.15, 0.2) is 5.75 Å². The summed E-state index contributed by atoms with van der Waals surface area (Å²) >= 11 is 0. The molecular weight excluding hydrogens is 339 g/mol. The first-order valence-electron chi connectivity index (χ1n) is 6.73. The molecule has 0 bridgehead atoms. The molecule has 0 fully saturated rings. The van der Waals surface area contributed by atoms with Crippen LogP contribution in [0.2, 0.25) is 0 Å². The molecule has 2 N–H and O–H groups in total. The second-order valence-corrected chi connectivity index (χ2v) is 6.62. The van der Waals surface area contributed by atoms with Gasteiger partial charge in [-0.25, -0.2) is 12.8 Å². The van der Waals surface area contributed by atoms with Crippen LogP contribution < -0.4 is 10.5 Å². The maximum atomic E-state index is 13.6. The summed E-state index contributed by atoms with van der Waals surface area (Å²) in [5.41, 5.74) is 6.00. The molecule has 0 saturated carbocycles. The Kier molecular flexibility index (Phi) is 3.97. The standard InChI is InChI=1S/C14H13FN4O4S/c1-22-13-10(6-9(15)7-11(13)16)14-17-12(23-18-14)8-19-4-2-3-5-24(19,20)21/h2-7H,8,16H2,1H3. The molecule has 0 unspecified atom stereocenters. The van der Waals surface area contributed by atoms with E-state index in [-0.39, 0.29) is 35.3 Å². The molecule has 0 atom stereocenters. The number of rotatable bonds is 4. The summed E-state index contributed by atoms with van der Waals surface area (Å²) in [6.07, 6.45) is 4.35. The molecule has 0 saturated heterocycles. The molecule has 1 aliphatic heterocycles. The third-order valence-corrected chi connectivity index (χ3v) is 4.63. The van der Waals surface area contributed by atoms with Gasteiger partial charge in [0.1, 0.15) is 12.4 Å². The molecule has 0 spiro atoms. The summed E-state index contributed by atoms with van der Waals surface area (Å²) in [5, 5.41) is 4.79. The van der Waals surface area contributed by atoms with Gasteiger partial charge < -0.3 is 15.0 Å². The number of nitrogens with two attached hydrogens (primary N) is 1. The fourth-order valence-corrected chi connectivity index (χ4v) is 3.14. The zero-order valence-electron chi connectivity index (χ0n) is 12.5. The number of nitrogen functional groups attached to an aromatic ring is 1. The van der Waals surface area contributed by atoms with Gasteiger partial charge in [-0.05, 0) is 18.2 Å². The van der Waals surface area contributed by atoms with E-state index in [1.165, 1.54) is 19.4 Å². The lowest BCUT2D eigenvalue weighted by Crippen LogP contribution is -2.24. The van der Waals surface area contributed by atoms with E-state index in [0.29, 0.717) is 0 Å². The highest BCUT2D eigenvalue weighted by molar-refractivity contribution is 7.92. The Labute approximate surface area is 137 Å². The van der Waals surface area contributed by atoms with Crippen LogP contribution in [-0.2, 0) is 16.6 Å². The van der Waals surface area contributed by atoms with E-state index < -0.39 is 15.8 Å². The van der Waals surface area contributed by atoms with Gasteiger partial charge in [0, 0.05) is 12.3 Å². The summed E-state index contributed by atoms with van der Waals surface area (Å²) < 4.78 is 48.5. The molecule has 1 aromatic carbocycles. The maximum Gasteiger partial charge on any atom is 0.257 e. The van der Waals surface area contributed by atoms with Gasteiger partial charge in [-0.1, -0.05) is 5.16 Å². The van der Waals surface area contributed by atoms with Crippen molar-refractivity contribution in [3.63, 3.8) is 0 Å². The average Bonchev–Trinajstić information content (AvgIpc) is 2.97. The highest BCUT2D eigenvalue weighted by Gasteiger charge is 2.22. The zero-order chi connectivity index (χ0) is 17.3. The number of benzene rings is 1. The van der Waals surface area contributed by atoms with Crippen LogP contribution in [0.15, 0.2) is 40.4 Å². The molecule has 0 amide bonds. The normalized spacial score (nSPS) is 15.7. The third-order valence-electron chi connectivity index (χ3n) is 3.23. The molecule has 24 heavy (non-hydrogen) atoms. The van der Waals surface area contributed by atoms with Gasteiger partial charge in [0.05, 0.1) is 23.8 Å². The summed E-state index contributed by atoms with van der Waals surface area (Å²) in [5.74, 6) is -0.293. The average molecular weight is 352 g/mol. The van der Waals surface area contributed by atoms with Crippen LogP contribution in [0, 0.1) is 5.82 Å². The number of allylic oxidation sites excluding steroid dienone is 2. The van der Waals surface area contributed by atoms with Crippen molar-refractivity contribution in [2.75, 3.05) is 12.8 Å². The van der Waals surface area contributed by atoms with E-state index >= 15 is 0 Å². The van der Waals surface area contributed by atoms with Crippen molar-refractivity contribution < 1.29 is 22.1 Å². The van der Waals surface area contributed by atoms with Crippen molar-refractivity contribution in [1.29, 1.82) is 0 Å². The minimum atomic E-state index is -3.57. The van der Waals surface area contributed by atoms with E-state index in [2.05, 4.69) is 10.1 Å². The summed E-state index contributed by atoms with van der Waals surface area (Å²) in [4.78, 5) is 4.09. The Bertz CT molecular complexity index is 936. The summed E-state index contributed by atoms with van der Waals surface area (Å²) in [6, 6.07) is 2.27. The van der Waals surface area contributed by atoms with Crippen molar-refractivity contribution in [3.8, 4) is 17.1 Å². The fourth-order valence-electron chi connectivity index (χ4n) is 2.17. The van der Waals surface area contributed by atoms with E-state index in [1.807, 2.05) is 0 Å².